The SMILES string of the molecule is COc1ccc(NC(=O)CSc2nnc(C(CO)NC(=O)c3ccc(OC)cc3)n2C)cc1. The van der Waals surface area contributed by atoms with Gasteiger partial charge in [0.25, 0.3) is 5.91 Å². The number of aliphatic hydroxyl groups excluding tert-OH is 1. The van der Waals surface area contributed by atoms with E-state index in [2.05, 4.69) is 20.8 Å². The second-order valence-corrected chi connectivity index (χ2v) is 7.84. The molecule has 1 heterocycles. The first kappa shape index (κ1) is 24.1. The summed E-state index contributed by atoms with van der Waals surface area (Å²) in [5, 5.41) is 24.0. The molecule has 3 aromatic rings. The maximum atomic E-state index is 12.5. The van der Waals surface area contributed by atoms with E-state index >= 15 is 0 Å². The van der Waals surface area contributed by atoms with E-state index in [1.165, 1.54) is 11.8 Å². The van der Waals surface area contributed by atoms with E-state index in [1.807, 2.05) is 0 Å². The van der Waals surface area contributed by atoms with Crippen molar-refractivity contribution in [1.29, 1.82) is 0 Å². The largest absolute Gasteiger partial charge is 0.497 e. The molecule has 0 bridgehead atoms. The summed E-state index contributed by atoms with van der Waals surface area (Å²) < 4.78 is 11.8. The molecule has 1 unspecified atom stereocenters. The Kier molecular flexibility index (Phi) is 8.28. The molecule has 3 rings (SSSR count). The molecule has 3 N–H and O–H groups in total. The molecule has 11 heteroatoms. The highest BCUT2D eigenvalue weighted by atomic mass is 32.2. The third-order valence-corrected chi connectivity index (χ3v) is 5.75. The third-order valence-electron chi connectivity index (χ3n) is 4.73. The highest BCUT2D eigenvalue weighted by molar-refractivity contribution is 7.99. The number of hydrogen-bond acceptors (Lipinski definition) is 8. The van der Waals surface area contributed by atoms with Gasteiger partial charge in [-0.3, -0.25) is 9.59 Å². The number of carbonyl (C=O) groups excluding carboxylic acids is 2. The normalized spacial score (nSPS) is 11.5. The molecule has 33 heavy (non-hydrogen) atoms. The highest BCUT2D eigenvalue weighted by Gasteiger charge is 2.22. The van der Waals surface area contributed by atoms with Gasteiger partial charge in [0, 0.05) is 18.3 Å². The smallest absolute Gasteiger partial charge is 0.251 e. The van der Waals surface area contributed by atoms with Crippen LogP contribution in [0.1, 0.15) is 22.2 Å². The Morgan fingerprint density at radius 2 is 1.64 bits per heavy atom. The number of benzene rings is 2. The van der Waals surface area contributed by atoms with Crippen LogP contribution in [-0.4, -0.2) is 58.3 Å². The highest BCUT2D eigenvalue weighted by Crippen LogP contribution is 2.21. The molecule has 10 nitrogen and oxygen atoms in total. The van der Waals surface area contributed by atoms with Crippen LogP contribution in [-0.2, 0) is 11.8 Å². The van der Waals surface area contributed by atoms with Crippen molar-refractivity contribution in [3.05, 3.63) is 59.9 Å². The minimum Gasteiger partial charge on any atom is -0.497 e. The summed E-state index contributed by atoms with van der Waals surface area (Å²) in [7, 11) is 4.83. The fourth-order valence-electron chi connectivity index (χ4n) is 2.93. The Labute approximate surface area is 195 Å². The van der Waals surface area contributed by atoms with Gasteiger partial charge in [0.2, 0.25) is 5.91 Å². The number of thioether (sulfide) groups is 1. The average molecular weight is 472 g/mol. The number of aromatic nitrogens is 3. The fourth-order valence-corrected chi connectivity index (χ4v) is 3.65. The van der Waals surface area contributed by atoms with E-state index in [9.17, 15) is 14.7 Å². The van der Waals surface area contributed by atoms with Crippen LogP contribution in [0.15, 0.2) is 53.7 Å². The molecule has 0 radical (unpaired) electrons. The summed E-state index contributed by atoms with van der Waals surface area (Å²) >= 11 is 1.19. The number of methoxy groups -OCH3 is 2. The van der Waals surface area contributed by atoms with Gasteiger partial charge in [0.1, 0.15) is 17.5 Å². The van der Waals surface area contributed by atoms with Crippen molar-refractivity contribution in [1.82, 2.24) is 20.1 Å². The maximum Gasteiger partial charge on any atom is 0.251 e. The summed E-state index contributed by atoms with van der Waals surface area (Å²) in [5.74, 6) is 1.24. The molecule has 0 fully saturated rings. The van der Waals surface area contributed by atoms with Crippen LogP contribution in [0, 0.1) is 0 Å². The Morgan fingerprint density at radius 3 is 2.21 bits per heavy atom. The molecule has 0 aliphatic heterocycles. The predicted octanol–water partition coefficient (Wildman–Crippen LogP) is 2.03. The van der Waals surface area contributed by atoms with Crippen molar-refractivity contribution in [2.24, 2.45) is 7.05 Å². The molecular weight excluding hydrogens is 446 g/mol. The molecule has 0 aliphatic carbocycles. The van der Waals surface area contributed by atoms with E-state index in [-0.39, 0.29) is 24.2 Å². The topological polar surface area (TPSA) is 128 Å². The minimum absolute atomic E-state index is 0.111. The van der Waals surface area contributed by atoms with Gasteiger partial charge in [-0.2, -0.15) is 0 Å². The third kappa shape index (κ3) is 6.24. The van der Waals surface area contributed by atoms with Crippen molar-refractivity contribution >= 4 is 29.3 Å². The lowest BCUT2D eigenvalue weighted by Crippen LogP contribution is -2.32. The van der Waals surface area contributed by atoms with Crippen LogP contribution >= 0.6 is 11.8 Å². The molecule has 1 aromatic heterocycles. The minimum atomic E-state index is -0.764. The first-order valence-corrected chi connectivity index (χ1v) is 11.0. The van der Waals surface area contributed by atoms with Gasteiger partial charge in [-0.1, -0.05) is 11.8 Å². The van der Waals surface area contributed by atoms with Gasteiger partial charge in [0.15, 0.2) is 11.0 Å². The van der Waals surface area contributed by atoms with E-state index in [1.54, 1.807) is 74.4 Å². The van der Waals surface area contributed by atoms with E-state index in [4.69, 9.17) is 9.47 Å². The van der Waals surface area contributed by atoms with Gasteiger partial charge < -0.3 is 29.8 Å². The summed E-state index contributed by atoms with van der Waals surface area (Å²) in [4.78, 5) is 24.8. The second kappa shape index (κ2) is 11.3. The Morgan fingerprint density at radius 1 is 1.03 bits per heavy atom. The number of rotatable bonds is 10. The second-order valence-electron chi connectivity index (χ2n) is 6.90. The maximum absolute atomic E-state index is 12.5. The van der Waals surface area contributed by atoms with Gasteiger partial charge in [-0.15, -0.1) is 10.2 Å². The molecule has 0 saturated heterocycles. The van der Waals surface area contributed by atoms with Gasteiger partial charge >= 0.3 is 0 Å². The van der Waals surface area contributed by atoms with Crippen LogP contribution in [0.5, 0.6) is 11.5 Å². The monoisotopic (exact) mass is 471 g/mol. The van der Waals surface area contributed by atoms with Crippen molar-refractivity contribution in [3.63, 3.8) is 0 Å². The molecule has 1 atom stereocenters. The molecule has 174 valence electrons. The van der Waals surface area contributed by atoms with Crippen molar-refractivity contribution in [3.8, 4) is 11.5 Å². The molecule has 2 amide bonds. The lowest BCUT2D eigenvalue weighted by atomic mass is 10.2. The number of amides is 2. The Bertz CT molecular complexity index is 1090. The zero-order chi connectivity index (χ0) is 23.8. The molecule has 2 aromatic carbocycles. The van der Waals surface area contributed by atoms with Crippen LogP contribution in [0.25, 0.3) is 0 Å². The summed E-state index contributed by atoms with van der Waals surface area (Å²) in [6.07, 6.45) is 0. The van der Waals surface area contributed by atoms with Crippen LogP contribution in [0.3, 0.4) is 0 Å². The van der Waals surface area contributed by atoms with Crippen LogP contribution < -0.4 is 20.1 Å². The first-order valence-electron chi connectivity index (χ1n) is 9.97. The van der Waals surface area contributed by atoms with Gasteiger partial charge in [-0.25, -0.2) is 0 Å². The number of nitrogens with zero attached hydrogens (tertiary/aromatic N) is 3. The standard InChI is InChI=1S/C22H25N5O5S/c1-27-20(18(12-28)24-21(30)14-4-8-16(31-2)9-5-14)25-26-22(27)33-13-19(29)23-15-6-10-17(32-3)11-7-15/h4-11,18,28H,12-13H2,1-3H3,(H,23,29)(H,24,30). The van der Waals surface area contributed by atoms with Crippen LogP contribution in [0.2, 0.25) is 0 Å². The van der Waals surface area contributed by atoms with Gasteiger partial charge in [0.05, 0.1) is 26.6 Å². The molecular formula is C22H25N5O5S. The van der Waals surface area contributed by atoms with E-state index < -0.39 is 6.04 Å². The van der Waals surface area contributed by atoms with Crippen molar-refractivity contribution < 1.29 is 24.2 Å². The van der Waals surface area contributed by atoms with Crippen molar-refractivity contribution in [2.45, 2.75) is 11.2 Å². The zero-order valence-corrected chi connectivity index (χ0v) is 19.3. The van der Waals surface area contributed by atoms with E-state index in [0.29, 0.717) is 33.7 Å². The number of anilines is 1. The predicted molar refractivity (Wildman–Crippen MR) is 124 cm³/mol. The lowest BCUT2D eigenvalue weighted by Gasteiger charge is -2.16. The van der Waals surface area contributed by atoms with Crippen LogP contribution in [0.4, 0.5) is 5.69 Å². The van der Waals surface area contributed by atoms with Gasteiger partial charge in [-0.05, 0) is 48.5 Å². The summed E-state index contributed by atoms with van der Waals surface area (Å²) in [6.45, 7) is -0.365. The van der Waals surface area contributed by atoms with Crippen molar-refractivity contribution in [2.75, 3.05) is 31.9 Å². The number of hydrogen-bond donors (Lipinski definition) is 3. The quantitative estimate of drug-likeness (QED) is 0.383. The number of nitrogens with one attached hydrogen (secondary N) is 2. The lowest BCUT2D eigenvalue weighted by molar-refractivity contribution is -0.113. The van der Waals surface area contributed by atoms with E-state index in [0.717, 1.165) is 0 Å². The Balaban J connectivity index is 1.59. The summed E-state index contributed by atoms with van der Waals surface area (Å²) in [5.41, 5.74) is 1.07. The average Bonchev–Trinajstić information content (AvgIpc) is 3.21. The molecule has 0 aliphatic rings. The Hall–Kier alpha value is -3.57. The summed E-state index contributed by atoms with van der Waals surface area (Å²) in [6, 6.07) is 12.9. The first-order chi connectivity index (χ1) is 15.9. The fraction of sp³-hybridized carbons (Fsp3) is 0.273. The molecule has 0 saturated carbocycles. The number of carbonyl (C=O) groups is 2. The number of ether oxygens (including phenoxy) is 2. The zero-order valence-electron chi connectivity index (χ0n) is 18.4. The molecule has 0 spiro atoms. The number of aliphatic hydroxyl groups is 1.